The molecule has 2 rings (SSSR count). The molecule has 2 aromatic rings. The van der Waals surface area contributed by atoms with Crippen molar-refractivity contribution in [1.29, 1.82) is 0 Å². The molecule has 0 spiro atoms. The summed E-state index contributed by atoms with van der Waals surface area (Å²) in [5.41, 5.74) is 2.07. The highest BCUT2D eigenvalue weighted by Gasteiger charge is 2.20. The third-order valence-corrected chi connectivity index (χ3v) is 3.41. The minimum atomic E-state index is -0.00921. The average Bonchev–Trinajstić information content (AvgIpc) is 2.82. The second kappa shape index (κ2) is 6.08. The maximum Gasteiger partial charge on any atom is 0.119 e. The first-order valence-electron chi connectivity index (χ1n) is 6.23. The van der Waals surface area contributed by atoms with Gasteiger partial charge in [0, 0.05) is 6.54 Å². The van der Waals surface area contributed by atoms with Crippen LogP contribution in [0, 0.1) is 0 Å². The fraction of sp³-hybridized carbons (Fsp3) is 0.357. The fourth-order valence-corrected chi connectivity index (χ4v) is 2.44. The highest BCUT2D eigenvalue weighted by atomic mass is 35.5. The molecule has 1 aromatic heterocycles. The number of rotatable bonds is 5. The number of aromatic nitrogens is 2. The van der Waals surface area contributed by atoms with Crippen molar-refractivity contribution in [2.75, 3.05) is 14.2 Å². The van der Waals surface area contributed by atoms with Crippen molar-refractivity contribution in [3.63, 3.8) is 0 Å². The van der Waals surface area contributed by atoms with Gasteiger partial charge in [0.1, 0.15) is 5.75 Å². The van der Waals surface area contributed by atoms with Gasteiger partial charge < -0.3 is 10.1 Å². The van der Waals surface area contributed by atoms with Crippen molar-refractivity contribution in [3.8, 4) is 5.75 Å². The Bertz CT molecular complexity index is 553. The first-order chi connectivity index (χ1) is 9.21. The van der Waals surface area contributed by atoms with Crippen LogP contribution in [0.1, 0.15) is 24.2 Å². The smallest absolute Gasteiger partial charge is 0.119 e. The molecule has 1 N–H and O–H groups in total. The zero-order valence-corrected chi connectivity index (χ0v) is 12.1. The Morgan fingerprint density at radius 2 is 2.26 bits per heavy atom. The lowest BCUT2D eigenvalue weighted by molar-refractivity contribution is 0.413. The Labute approximate surface area is 118 Å². The number of halogens is 1. The van der Waals surface area contributed by atoms with Gasteiger partial charge in [0.2, 0.25) is 0 Å². The number of aryl methyl sites for hydroxylation is 1. The van der Waals surface area contributed by atoms with Crippen LogP contribution < -0.4 is 10.1 Å². The molecule has 5 heteroatoms. The summed E-state index contributed by atoms with van der Waals surface area (Å²) in [5, 5.41) is 8.24. The molecule has 0 radical (unpaired) electrons. The predicted octanol–water partition coefficient (Wildman–Crippen LogP) is 2.87. The second-order valence-electron chi connectivity index (χ2n) is 4.19. The molecular weight excluding hydrogens is 262 g/mol. The van der Waals surface area contributed by atoms with Gasteiger partial charge in [0.25, 0.3) is 0 Å². The Morgan fingerprint density at radius 3 is 2.89 bits per heavy atom. The number of methoxy groups -OCH3 is 1. The van der Waals surface area contributed by atoms with Gasteiger partial charge in [0.05, 0.1) is 30.1 Å². The Kier molecular flexibility index (Phi) is 4.45. The summed E-state index contributed by atoms with van der Waals surface area (Å²) in [7, 11) is 3.57. The van der Waals surface area contributed by atoms with E-state index in [1.807, 2.05) is 42.9 Å². The van der Waals surface area contributed by atoms with Crippen molar-refractivity contribution in [3.05, 3.63) is 46.7 Å². The monoisotopic (exact) mass is 279 g/mol. The summed E-state index contributed by atoms with van der Waals surface area (Å²) in [4.78, 5) is 0. The topological polar surface area (TPSA) is 39.1 Å². The molecule has 0 aliphatic carbocycles. The van der Waals surface area contributed by atoms with Crippen LogP contribution in [-0.4, -0.2) is 23.9 Å². The van der Waals surface area contributed by atoms with E-state index in [0.717, 1.165) is 23.6 Å². The number of benzene rings is 1. The van der Waals surface area contributed by atoms with Crippen LogP contribution >= 0.6 is 11.6 Å². The highest BCUT2D eigenvalue weighted by Crippen LogP contribution is 2.29. The van der Waals surface area contributed by atoms with Crippen molar-refractivity contribution in [2.24, 2.45) is 0 Å². The average molecular weight is 280 g/mol. The Balaban J connectivity index is 2.46. The fourth-order valence-electron chi connectivity index (χ4n) is 2.19. The van der Waals surface area contributed by atoms with Gasteiger partial charge in [0.15, 0.2) is 0 Å². The highest BCUT2D eigenvalue weighted by molar-refractivity contribution is 6.31. The summed E-state index contributed by atoms with van der Waals surface area (Å²) in [6, 6.07) is 7.94. The summed E-state index contributed by atoms with van der Waals surface area (Å²) in [6.07, 6.45) is 1.69. The summed E-state index contributed by atoms with van der Waals surface area (Å²) < 4.78 is 7.18. The van der Waals surface area contributed by atoms with Crippen LogP contribution in [0.2, 0.25) is 5.02 Å². The molecule has 102 valence electrons. The lowest BCUT2D eigenvalue weighted by Gasteiger charge is -2.19. The molecule has 0 amide bonds. The van der Waals surface area contributed by atoms with Gasteiger partial charge in [-0.3, -0.25) is 4.68 Å². The van der Waals surface area contributed by atoms with E-state index >= 15 is 0 Å². The Morgan fingerprint density at radius 1 is 1.47 bits per heavy atom. The molecule has 1 unspecified atom stereocenters. The van der Waals surface area contributed by atoms with Crippen LogP contribution in [0.4, 0.5) is 0 Å². The quantitative estimate of drug-likeness (QED) is 0.915. The normalized spacial score (nSPS) is 12.4. The molecule has 1 aromatic carbocycles. The third-order valence-electron chi connectivity index (χ3n) is 3.12. The second-order valence-corrected chi connectivity index (χ2v) is 4.60. The minimum Gasteiger partial charge on any atom is -0.497 e. The zero-order chi connectivity index (χ0) is 13.8. The van der Waals surface area contributed by atoms with Crippen LogP contribution in [0.25, 0.3) is 0 Å². The molecule has 1 heterocycles. The Hall–Kier alpha value is -1.52. The first kappa shape index (κ1) is 13.9. The molecule has 19 heavy (non-hydrogen) atoms. The van der Waals surface area contributed by atoms with E-state index in [0.29, 0.717) is 5.02 Å². The van der Waals surface area contributed by atoms with E-state index in [1.165, 1.54) is 0 Å². The number of hydrogen-bond donors (Lipinski definition) is 1. The molecule has 0 aliphatic rings. The van der Waals surface area contributed by atoms with Crippen LogP contribution in [0.3, 0.4) is 0 Å². The van der Waals surface area contributed by atoms with E-state index in [2.05, 4.69) is 10.4 Å². The van der Waals surface area contributed by atoms with Gasteiger partial charge in [-0.05, 0) is 31.7 Å². The summed E-state index contributed by atoms with van der Waals surface area (Å²) in [5.74, 6) is 0.830. The molecule has 0 bridgehead atoms. The van der Waals surface area contributed by atoms with Gasteiger partial charge >= 0.3 is 0 Å². The lowest BCUT2D eigenvalue weighted by atomic mass is 10.0. The standard InChI is InChI=1S/C14H18ClN3O/c1-4-18-14(12(15)9-17-18)13(16-2)10-6-5-7-11(8-10)19-3/h5-9,13,16H,4H2,1-3H3. The van der Waals surface area contributed by atoms with E-state index in [4.69, 9.17) is 16.3 Å². The minimum absolute atomic E-state index is 0.00921. The SMILES string of the molecule is CCn1ncc(Cl)c1C(NC)c1cccc(OC)c1. The third kappa shape index (κ3) is 2.74. The van der Waals surface area contributed by atoms with E-state index in [-0.39, 0.29) is 6.04 Å². The lowest BCUT2D eigenvalue weighted by Crippen LogP contribution is -2.21. The summed E-state index contributed by atoms with van der Waals surface area (Å²) in [6.45, 7) is 2.83. The van der Waals surface area contributed by atoms with Crippen molar-refractivity contribution < 1.29 is 4.74 Å². The molecule has 1 atom stereocenters. The van der Waals surface area contributed by atoms with Crippen molar-refractivity contribution in [2.45, 2.75) is 19.5 Å². The number of hydrogen-bond acceptors (Lipinski definition) is 3. The molecule has 0 fully saturated rings. The maximum atomic E-state index is 6.27. The van der Waals surface area contributed by atoms with Crippen LogP contribution in [0.5, 0.6) is 5.75 Å². The molecular formula is C14H18ClN3O. The van der Waals surface area contributed by atoms with Gasteiger partial charge in [-0.2, -0.15) is 5.10 Å². The van der Waals surface area contributed by atoms with Crippen LogP contribution in [0.15, 0.2) is 30.5 Å². The number of ether oxygens (including phenoxy) is 1. The zero-order valence-electron chi connectivity index (χ0n) is 11.4. The first-order valence-corrected chi connectivity index (χ1v) is 6.61. The number of nitrogens with zero attached hydrogens (tertiary/aromatic N) is 2. The summed E-state index contributed by atoms with van der Waals surface area (Å²) >= 11 is 6.27. The van der Waals surface area contributed by atoms with Gasteiger partial charge in [-0.25, -0.2) is 0 Å². The number of nitrogens with one attached hydrogen (secondary N) is 1. The van der Waals surface area contributed by atoms with E-state index in [1.54, 1.807) is 13.3 Å². The predicted molar refractivity (Wildman–Crippen MR) is 76.8 cm³/mol. The van der Waals surface area contributed by atoms with Gasteiger partial charge in [-0.15, -0.1) is 0 Å². The molecule has 0 saturated carbocycles. The van der Waals surface area contributed by atoms with E-state index < -0.39 is 0 Å². The molecule has 0 saturated heterocycles. The molecule has 4 nitrogen and oxygen atoms in total. The van der Waals surface area contributed by atoms with Crippen molar-refractivity contribution >= 4 is 11.6 Å². The molecule has 0 aliphatic heterocycles. The van der Waals surface area contributed by atoms with Crippen LogP contribution in [-0.2, 0) is 6.54 Å². The largest absolute Gasteiger partial charge is 0.497 e. The van der Waals surface area contributed by atoms with Gasteiger partial charge in [-0.1, -0.05) is 23.7 Å². The maximum absolute atomic E-state index is 6.27. The van der Waals surface area contributed by atoms with Crippen molar-refractivity contribution in [1.82, 2.24) is 15.1 Å². The van der Waals surface area contributed by atoms with E-state index in [9.17, 15) is 0 Å².